The number of benzene rings is 7. The average molecular weight is 664 g/mol. The predicted molar refractivity (Wildman–Crippen MR) is 214 cm³/mol. The summed E-state index contributed by atoms with van der Waals surface area (Å²) in [6, 6.07) is 61.7. The van der Waals surface area contributed by atoms with E-state index in [0.29, 0.717) is 5.95 Å². The van der Waals surface area contributed by atoms with Gasteiger partial charge in [-0.2, -0.15) is 0 Å². The molecule has 5 nitrogen and oxygen atoms in total. The van der Waals surface area contributed by atoms with Crippen LogP contribution in [0.1, 0.15) is 0 Å². The fourth-order valence-corrected chi connectivity index (χ4v) is 8.09. The molecule has 0 atom stereocenters. The summed E-state index contributed by atoms with van der Waals surface area (Å²) >= 11 is 0. The van der Waals surface area contributed by atoms with Gasteiger partial charge in [-0.1, -0.05) is 152 Å². The molecule has 0 radical (unpaired) electrons. The maximum atomic E-state index is 5.43. The van der Waals surface area contributed by atoms with Gasteiger partial charge in [0.2, 0.25) is 5.95 Å². The van der Waals surface area contributed by atoms with Crippen LogP contribution in [0.3, 0.4) is 0 Å². The lowest BCUT2D eigenvalue weighted by Gasteiger charge is -2.14. The molecule has 0 N–H and O–H groups in total. The van der Waals surface area contributed by atoms with E-state index in [-0.39, 0.29) is 0 Å². The molecule has 0 saturated carbocycles. The Morgan fingerprint density at radius 2 is 0.885 bits per heavy atom. The number of rotatable bonds is 4. The van der Waals surface area contributed by atoms with E-state index >= 15 is 0 Å². The molecule has 0 spiro atoms. The van der Waals surface area contributed by atoms with E-state index in [1.54, 1.807) is 0 Å². The second-order valence-corrected chi connectivity index (χ2v) is 13.2. The van der Waals surface area contributed by atoms with Crippen LogP contribution in [0.25, 0.3) is 99.8 Å². The Morgan fingerprint density at radius 1 is 0.346 bits per heavy atom. The number of nitrogens with zero attached hydrogens (tertiary/aromatic N) is 5. The van der Waals surface area contributed by atoms with Crippen molar-refractivity contribution in [3.05, 3.63) is 176 Å². The SMILES string of the molecule is c1ccc(-c2nc(-n3c4ccccc4c4c5c6ccccc6c6c(-c7ccccc7)nc(-c7ccccc7)n6c5ccc43)nc3ccccc23)cc1. The van der Waals surface area contributed by atoms with Gasteiger partial charge in [0, 0.05) is 43.6 Å². The van der Waals surface area contributed by atoms with Gasteiger partial charge in [0.25, 0.3) is 0 Å². The Bertz CT molecular complexity index is 3160. The molecule has 0 bridgehead atoms. The maximum Gasteiger partial charge on any atom is 0.235 e. The number of aromatic nitrogens is 5. The van der Waals surface area contributed by atoms with Crippen LogP contribution in [0.15, 0.2) is 176 Å². The largest absolute Gasteiger partial charge is 0.291 e. The molecule has 0 unspecified atom stereocenters. The lowest BCUT2D eigenvalue weighted by molar-refractivity contribution is 1.01. The van der Waals surface area contributed by atoms with E-state index < -0.39 is 0 Å². The molecule has 11 rings (SSSR count). The molecule has 0 saturated heterocycles. The quantitative estimate of drug-likeness (QED) is 0.176. The van der Waals surface area contributed by atoms with Crippen molar-refractivity contribution in [3.8, 4) is 39.9 Å². The molecule has 11 aromatic rings. The van der Waals surface area contributed by atoms with Gasteiger partial charge in [-0.15, -0.1) is 0 Å². The van der Waals surface area contributed by atoms with Crippen molar-refractivity contribution in [3.63, 3.8) is 0 Å². The van der Waals surface area contributed by atoms with Crippen molar-refractivity contribution in [1.29, 1.82) is 0 Å². The summed E-state index contributed by atoms with van der Waals surface area (Å²) < 4.78 is 4.62. The minimum atomic E-state index is 0.646. The Morgan fingerprint density at radius 3 is 1.62 bits per heavy atom. The van der Waals surface area contributed by atoms with Gasteiger partial charge in [-0.05, 0) is 29.7 Å². The van der Waals surface area contributed by atoms with E-state index in [2.05, 4.69) is 173 Å². The minimum Gasteiger partial charge on any atom is -0.291 e. The van der Waals surface area contributed by atoms with E-state index in [9.17, 15) is 0 Å². The van der Waals surface area contributed by atoms with Gasteiger partial charge in [0.15, 0.2) is 0 Å². The standard InChI is InChI=1S/C47H29N5/c1-4-16-30(17-5-1)43-35-24-12-14-26-37(35)48-47(50-43)51-38-27-15-13-25-36(38)42-39(51)28-29-40-41(42)33-22-10-11-23-34(33)45-44(31-18-6-2-7-19-31)49-46(52(40)45)32-20-8-3-9-21-32/h1-29H. The van der Waals surface area contributed by atoms with Gasteiger partial charge < -0.3 is 0 Å². The molecular weight excluding hydrogens is 635 g/mol. The first-order chi connectivity index (χ1) is 25.8. The van der Waals surface area contributed by atoms with Crippen LogP contribution >= 0.6 is 0 Å². The van der Waals surface area contributed by atoms with Gasteiger partial charge in [-0.25, -0.2) is 15.0 Å². The lowest BCUT2D eigenvalue weighted by Crippen LogP contribution is -2.03. The zero-order chi connectivity index (χ0) is 34.2. The maximum absolute atomic E-state index is 5.43. The van der Waals surface area contributed by atoms with E-state index in [1.165, 1.54) is 10.8 Å². The Balaban J connectivity index is 1.32. The first kappa shape index (κ1) is 28.7. The molecule has 0 aliphatic rings. The molecule has 4 heterocycles. The van der Waals surface area contributed by atoms with Crippen LogP contribution in [0.4, 0.5) is 0 Å². The topological polar surface area (TPSA) is 48.0 Å². The highest BCUT2D eigenvalue weighted by molar-refractivity contribution is 6.30. The molecular formula is C47H29N5. The molecule has 52 heavy (non-hydrogen) atoms. The van der Waals surface area contributed by atoms with Gasteiger partial charge in [0.1, 0.15) is 5.82 Å². The number of para-hydroxylation sites is 2. The fourth-order valence-electron chi connectivity index (χ4n) is 8.09. The fraction of sp³-hybridized carbons (Fsp3) is 0. The van der Waals surface area contributed by atoms with Crippen molar-refractivity contribution in [1.82, 2.24) is 23.9 Å². The van der Waals surface area contributed by atoms with Gasteiger partial charge >= 0.3 is 0 Å². The summed E-state index contributed by atoms with van der Waals surface area (Å²) in [5, 5.41) is 6.85. The van der Waals surface area contributed by atoms with E-state index in [0.717, 1.165) is 83.0 Å². The molecule has 0 amide bonds. The Hall–Kier alpha value is -7.11. The second-order valence-electron chi connectivity index (χ2n) is 13.2. The third-order valence-corrected chi connectivity index (χ3v) is 10.3. The number of hydrogen-bond donors (Lipinski definition) is 0. The smallest absolute Gasteiger partial charge is 0.235 e. The Labute approximate surface area is 298 Å². The molecule has 0 aliphatic heterocycles. The molecule has 4 aromatic heterocycles. The number of hydrogen-bond acceptors (Lipinski definition) is 3. The van der Waals surface area contributed by atoms with Crippen molar-refractivity contribution in [2.45, 2.75) is 0 Å². The molecule has 0 aliphatic carbocycles. The highest BCUT2D eigenvalue weighted by Crippen LogP contribution is 2.44. The normalized spacial score (nSPS) is 11.8. The molecule has 7 aromatic carbocycles. The van der Waals surface area contributed by atoms with Crippen LogP contribution in [0, 0.1) is 0 Å². The van der Waals surface area contributed by atoms with Crippen LogP contribution in [-0.2, 0) is 0 Å². The predicted octanol–water partition coefficient (Wildman–Crippen LogP) is 11.7. The summed E-state index contributed by atoms with van der Waals surface area (Å²) in [7, 11) is 0. The zero-order valence-corrected chi connectivity index (χ0v) is 28.0. The number of imidazole rings is 1. The van der Waals surface area contributed by atoms with Crippen LogP contribution < -0.4 is 0 Å². The molecule has 0 fully saturated rings. The molecule has 5 heteroatoms. The van der Waals surface area contributed by atoms with E-state index in [1.807, 2.05) is 12.1 Å². The highest BCUT2D eigenvalue weighted by atomic mass is 15.2. The van der Waals surface area contributed by atoms with Crippen LogP contribution in [0.5, 0.6) is 0 Å². The third-order valence-electron chi connectivity index (χ3n) is 10.3. The first-order valence-electron chi connectivity index (χ1n) is 17.6. The molecule has 242 valence electrons. The summed E-state index contributed by atoms with van der Waals surface area (Å²) in [4.78, 5) is 16.0. The average Bonchev–Trinajstić information content (AvgIpc) is 3.79. The van der Waals surface area contributed by atoms with Gasteiger partial charge in [-0.3, -0.25) is 8.97 Å². The number of fused-ring (bicyclic) bond motifs is 11. The van der Waals surface area contributed by atoms with Crippen molar-refractivity contribution < 1.29 is 0 Å². The second kappa shape index (κ2) is 11.2. The van der Waals surface area contributed by atoms with Crippen LogP contribution in [-0.4, -0.2) is 23.9 Å². The summed E-state index contributed by atoms with van der Waals surface area (Å²) in [6.07, 6.45) is 0. The highest BCUT2D eigenvalue weighted by Gasteiger charge is 2.24. The zero-order valence-electron chi connectivity index (χ0n) is 28.0. The third kappa shape index (κ3) is 4.14. The van der Waals surface area contributed by atoms with Crippen molar-refractivity contribution >= 4 is 59.9 Å². The summed E-state index contributed by atoms with van der Waals surface area (Å²) in [5.41, 5.74) is 10.3. The van der Waals surface area contributed by atoms with Crippen LogP contribution in [0.2, 0.25) is 0 Å². The lowest BCUT2D eigenvalue weighted by atomic mass is 9.98. The monoisotopic (exact) mass is 663 g/mol. The first-order valence-corrected chi connectivity index (χ1v) is 17.6. The summed E-state index contributed by atoms with van der Waals surface area (Å²) in [6.45, 7) is 0. The minimum absolute atomic E-state index is 0.646. The number of pyridine rings is 1. The Kier molecular flexibility index (Phi) is 6.18. The summed E-state index contributed by atoms with van der Waals surface area (Å²) in [5.74, 6) is 1.56. The van der Waals surface area contributed by atoms with Crippen molar-refractivity contribution in [2.75, 3.05) is 0 Å². The van der Waals surface area contributed by atoms with Gasteiger partial charge in [0.05, 0.1) is 39.0 Å². The van der Waals surface area contributed by atoms with Crippen molar-refractivity contribution in [2.24, 2.45) is 0 Å². The van der Waals surface area contributed by atoms with E-state index in [4.69, 9.17) is 15.0 Å².